The van der Waals surface area contributed by atoms with Crippen LogP contribution in [0.15, 0.2) is 36.4 Å². The van der Waals surface area contributed by atoms with Gasteiger partial charge in [-0.3, -0.25) is 14.9 Å². The van der Waals surface area contributed by atoms with Crippen molar-refractivity contribution in [2.24, 2.45) is 0 Å². The second-order valence-electron chi connectivity index (χ2n) is 4.60. The Balaban J connectivity index is 1.82. The van der Waals surface area contributed by atoms with Crippen molar-refractivity contribution in [3.8, 4) is 0 Å². The third kappa shape index (κ3) is 2.35. The number of carbonyl (C=O) groups excluding carboxylic acids is 2. The van der Waals surface area contributed by atoms with E-state index in [0.717, 1.165) is 0 Å². The van der Waals surface area contributed by atoms with Gasteiger partial charge in [0.1, 0.15) is 11.6 Å². The van der Waals surface area contributed by atoms with Crippen LogP contribution < -0.4 is 10.6 Å². The molecular formula is C15H10F2N2O2. The lowest BCUT2D eigenvalue weighted by atomic mass is 10.1. The molecule has 106 valence electrons. The van der Waals surface area contributed by atoms with Crippen LogP contribution in [0.2, 0.25) is 0 Å². The van der Waals surface area contributed by atoms with E-state index in [1.807, 2.05) is 0 Å². The fourth-order valence-corrected chi connectivity index (χ4v) is 2.17. The molecule has 0 aromatic heterocycles. The number of anilines is 1. The van der Waals surface area contributed by atoms with Crippen molar-refractivity contribution >= 4 is 17.5 Å². The Morgan fingerprint density at radius 1 is 0.952 bits per heavy atom. The molecule has 0 radical (unpaired) electrons. The van der Waals surface area contributed by atoms with Crippen molar-refractivity contribution in [3.63, 3.8) is 0 Å². The summed E-state index contributed by atoms with van der Waals surface area (Å²) in [6.07, 6.45) is 0. The molecule has 2 aromatic carbocycles. The van der Waals surface area contributed by atoms with E-state index in [-0.39, 0.29) is 17.7 Å². The normalized spacial score (nSPS) is 13.0. The van der Waals surface area contributed by atoms with Gasteiger partial charge in [-0.1, -0.05) is 6.07 Å². The number of carbonyl (C=O) groups is 2. The second kappa shape index (κ2) is 4.97. The molecule has 0 saturated heterocycles. The molecule has 0 fully saturated rings. The highest BCUT2D eigenvalue weighted by molar-refractivity contribution is 6.21. The van der Waals surface area contributed by atoms with Gasteiger partial charge >= 0.3 is 0 Å². The zero-order valence-corrected chi connectivity index (χ0v) is 10.7. The van der Waals surface area contributed by atoms with E-state index in [1.165, 1.54) is 30.3 Å². The number of nitrogens with one attached hydrogen (secondary N) is 2. The molecule has 0 bridgehead atoms. The summed E-state index contributed by atoms with van der Waals surface area (Å²) in [5, 5.41) is 5.01. The lowest BCUT2D eigenvalue weighted by molar-refractivity contribution is 0.0879. The van der Waals surface area contributed by atoms with Gasteiger partial charge in [0.25, 0.3) is 11.8 Å². The van der Waals surface area contributed by atoms with Crippen LogP contribution in [0, 0.1) is 11.6 Å². The summed E-state index contributed by atoms with van der Waals surface area (Å²) in [7, 11) is 0. The molecule has 0 unspecified atom stereocenters. The van der Waals surface area contributed by atoms with Gasteiger partial charge in [0.05, 0.1) is 11.1 Å². The fraction of sp³-hybridized carbons (Fsp3) is 0.0667. The van der Waals surface area contributed by atoms with Gasteiger partial charge in [0, 0.05) is 17.8 Å². The Hall–Kier alpha value is -2.76. The van der Waals surface area contributed by atoms with E-state index in [1.54, 1.807) is 6.07 Å². The van der Waals surface area contributed by atoms with E-state index in [0.29, 0.717) is 11.3 Å². The highest BCUT2D eigenvalue weighted by Gasteiger charge is 2.26. The number of imide groups is 1. The minimum atomic E-state index is -0.642. The van der Waals surface area contributed by atoms with Gasteiger partial charge in [0.15, 0.2) is 0 Å². The van der Waals surface area contributed by atoms with Crippen molar-refractivity contribution < 1.29 is 18.4 Å². The van der Waals surface area contributed by atoms with Crippen LogP contribution in [0.5, 0.6) is 0 Å². The second-order valence-corrected chi connectivity index (χ2v) is 4.60. The van der Waals surface area contributed by atoms with Crippen molar-refractivity contribution in [1.82, 2.24) is 5.32 Å². The van der Waals surface area contributed by atoms with Crippen molar-refractivity contribution in [2.75, 3.05) is 5.32 Å². The first-order valence-electron chi connectivity index (χ1n) is 6.23. The number of hydrogen-bond acceptors (Lipinski definition) is 3. The molecule has 4 nitrogen and oxygen atoms in total. The molecule has 21 heavy (non-hydrogen) atoms. The predicted octanol–water partition coefficient (Wildman–Crippen LogP) is 2.46. The first-order valence-corrected chi connectivity index (χ1v) is 6.23. The first-order chi connectivity index (χ1) is 10.1. The molecule has 0 atom stereocenters. The van der Waals surface area contributed by atoms with E-state index in [4.69, 9.17) is 0 Å². The average Bonchev–Trinajstić information content (AvgIpc) is 2.73. The lowest BCUT2D eigenvalue weighted by Crippen LogP contribution is -2.19. The smallest absolute Gasteiger partial charge is 0.259 e. The molecular weight excluding hydrogens is 278 g/mol. The van der Waals surface area contributed by atoms with Gasteiger partial charge in [-0.25, -0.2) is 8.78 Å². The third-order valence-electron chi connectivity index (χ3n) is 3.27. The summed E-state index contributed by atoms with van der Waals surface area (Å²) in [5.41, 5.74) is 0.960. The molecule has 0 saturated carbocycles. The molecule has 2 N–H and O–H groups in total. The maximum atomic E-state index is 13.5. The van der Waals surface area contributed by atoms with Gasteiger partial charge < -0.3 is 5.32 Å². The molecule has 2 amide bonds. The van der Waals surface area contributed by atoms with Gasteiger partial charge in [-0.05, 0) is 30.3 Å². The van der Waals surface area contributed by atoms with Crippen LogP contribution in [-0.2, 0) is 6.54 Å². The molecule has 1 aliphatic rings. The fourth-order valence-electron chi connectivity index (χ4n) is 2.17. The van der Waals surface area contributed by atoms with Crippen LogP contribution in [0.1, 0.15) is 26.3 Å². The number of halogens is 2. The van der Waals surface area contributed by atoms with Gasteiger partial charge in [-0.15, -0.1) is 0 Å². The molecule has 2 aromatic rings. The molecule has 3 rings (SSSR count). The summed E-state index contributed by atoms with van der Waals surface area (Å²) in [5.74, 6) is -2.20. The van der Waals surface area contributed by atoms with E-state index < -0.39 is 23.4 Å². The first kappa shape index (κ1) is 13.2. The zero-order chi connectivity index (χ0) is 15.0. The number of rotatable bonds is 3. The SMILES string of the molecule is O=C1NC(=O)c2cc(NCc3c(F)cccc3F)ccc21. The minimum absolute atomic E-state index is 0.0626. The van der Waals surface area contributed by atoms with Crippen molar-refractivity contribution in [3.05, 3.63) is 64.7 Å². The Morgan fingerprint density at radius 3 is 2.33 bits per heavy atom. The predicted molar refractivity (Wildman–Crippen MR) is 71.9 cm³/mol. The molecule has 1 aliphatic heterocycles. The molecule has 1 heterocycles. The lowest BCUT2D eigenvalue weighted by Gasteiger charge is -2.09. The Labute approximate surface area is 118 Å². The van der Waals surface area contributed by atoms with Crippen LogP contribution in [-0.4, -0.2) is 11.8 Å². The average molecular weight is 288 g/mol. The monoisotopic (exact) mass is 288 g/mol. The van der Waals surface area contributed by atoms with Crippen LogP contribution in [0.25, 0.3) is 0 Å². The van der Waals surface area contributed by atoms with Gasteiger partial charge in [-0.2, -0.15) is 0 Å². The van der Waals surface area contributed by atoms with Crippen molar-refractivity contribution in [2.45, 2.75) is 6.54 Å². The topological polar surface area (TPSA) is 58.2 Å². The van der Waals surface area contributed by atoms with Crippen LogP contribution in [0.3, 0.4) is 0 Å². The standard InChI is InChI=1S/C15H10F2N2O2/c16-12-2-1-3-13(17)11(12)7-18-8-4-5-9-10(6-8)15(21)19-14(9)20/h1-6,18H,7H2,(H,19,20,21). The summed E-state index contributed by atoms with van der Waals surface area (Å²) >= 11 is 0. The number of fused-ring (bicyclic) bond motifs is 1. The molecule has 0 aliphatic carbocycles. The van der Waals surface area contributed by atoms with Gasteiger partial charge in [0.2, 0.25) is 0 Å². The number of benzene rings is 2. The summed E-state index contributed by atoms with van der Waals surface area (Å²) < 4.78 is 27.0. The highest BCUT2D eigenvalue weighted by Crippen LogP contribution is 2.21. The third-order valence-corrected chi connectivity index (χ3v) is 3.27. The quantitative estimate of drug-likeness (QED) is 0.853. The number of amides is 2. The molecule has 6 heteroatoms. The zero-order valence-electron chi connectivity index (χ0n) is 10.7. The maximum absolute atomic E-state index is 13.5. The summed E-state index contributed by atoms with van der Waals surface area (Å²) in [4.78, 5) is 22.9. The number of hydrogen-bond donors (Lipinski definition) is 2. The van der Waals surface area contributed by atoms with E-state index in [2.05, 4.69) is 10.6 Å². The molecule has 0 spiro atoms. The summed E-state index contributed by atoms with van der Waals surface area (Å²) in [6.45, 7) is -0.0626. The van der Waals surface area contributed by atoms with E-state index in [9.17, 15) is 18.4 Å². The Bertz CT molecular complexity index is 739. The summed E-state index contributed by atoms with van der Waals surface area (Å²) in [6, 6.07) is 8.20. The Kier molecular flexibility index (Phi) is 3.13. The van der Waals surface area contributed by atoms with Crippen LogP contribution in [0.4, 0.5) is 14.5 Å². The maximum Gasteiger partial charge on any atom is 0.259 e. The Morgan fingerprint density at radius 2 is 1.62 bits per heavy atom. The van der Waals surface area contributed by atoms with Crippen molar-refractivity contribution in [1.29, 1.82) is 0 Å². The minimum Gasteiger partial charge on any atom is -0.381 e. The van der Waals surface area contributed by atoms with E-state index >= 15 is 0 Å². The highest BCUT2D eigenvalue weighted by atomic mass is 19.1. The largest absolute Gasteiger partial charge is 0.381 e. The van der Waals surface area contributed by atoms with Crippen LogP contribution >= 0.6 is 0 Å².